The Labute approximate surface area is 218 Å². The molecule has 186 valence electrons. The first kappa shape index (κ1) is 26.7. The molecule has 8 nitrogen and oxygen atoms in total. The monoisotopic (exact) mass is 559 g/mol. The lowest BCUT2D eigenvalue weighted by molar-refractivity contribution is -0.127. The number of rotatable bonds is 11. The minimum Gasteiger partial charge on any atom is -0.481 e. The van der Waals surface area contributed by atoms with E-state index in [-0.39, 0.29) is 24.1 Å². The van der Waals surface area contributed by atoms with Crippen molar-refractivity contribution in [3.8, 4) is 5.75 Å². The van der Waals surface area contributed by atoms with Gasteiger partial charge in [0.05, 0.1) is 12.3 Å². The molecule has 0 aliphatic heterocycles. The van der Waals surface area contributed by atoms with Gasteiger partial charge in [0.2, 0.25) is 5.91 Å². The van der Waals surface area contributed by atoms with Gasteiger partial charge in [-0.3, -0.25) is 9.59 Å². The average Bonchev–Trinajstić information content (AvgIpc) is 3.25. The van der Waals surface area contributed by atoms with Gasteiger partial charge in [-0.1, -0.05) is 46.7 Å². The number of nitrogens with zero attached hydrogens (tertiary/aromatic N) is 3. The molecule has 0 unspecified atom stereocenters. The molecule has 0 radical (unpaired) electrons. The van der Waals surface area contributed by atoms with E-state index >= 15 is 0 Å². The Morgan fingerprint density at radius 2 is 1.89 bits per heavy atom. The maximum Gasteiger partial charge on any atom is 0.261 e. The molecule has 0 aliphatic carbocycles. The number of hydrogen-bond acceptors (Lipinski definition) is 6. The molecule has 0 saturated carbocycles. The summed E-state index contributed by atoms with van der Waals surface area (Å²) in [6, 6.07) is 13.4. The molecule has 0 spiro atoms. The molecule has 0 aliphatic rings. The van der Waals surface area contributed by atoms with Crippen molar-refractivity contribution in [2.24, 2.45) is 0 Å². The molecule has 1 heterocycles. The Hall–Kier alpha value is -2.85. The van der Waals surface area contributed by atoms with E-state index in [1.165, 1.54) is 17.3 Å². The molecule has 1 aromatic heterocycles. The molecule has 1 atom stereocenters. The Kier molecular flexibility index (Phi) is 9.73. The standard InChI is InChI=1S/C25H30BrN5O3S/c1-5-18-7-10-20(11-8-18)34-17(4)24(33)27-14-22-29-30-25(31(22)6-2)35-15-23(32)28-19-9-12-21(26)16(3)13-19/h7-13,17H,5-6,14-15H2,1-4H3,(H,27,33)(H,28,32)/t17-/m1/s1. The van der Waals surface area contributed by atoms with Crippen LogP contribution in [0.15, 0.2) is 52.1 Å². The maximum absolute atomic E-state index is 12.5. The number of benzene rings is 2. The molecule has 2 aromatic carbocycles. The van der Waals surface area contributed by atoms with E-state index in [1.54, 1.807) is 6.92 Å². The van der Waals surface area contributed by atoms with E-state index < -0.39 is 6.10 Å². The number of hydrogen-bond donors (Lipinski definition) is 2. The van der Waals surface area contributed by atoms with Gasteiger partial charge in [0.15, 0.2) is 17.1 Å². The number of carbonyl (C=O) groups excluding carboxylic acids is 2. The summed E-state index contributed by atoms with van der Waals surface area (Å²) in [5, 5.41) is 14.8. The molecule has 0 fully saturated rings. The second kappa shape index (κ2) is 12.7. The van der Waals surface area contributed by atoms with E-state index in [9.17, 15) is 9.59 Å². The van der Waals surface area contributed by atoms with Crippen LogP contribution in [0.3, 0.4) is 0 Å². The van der Waals surface area contributed by atoms with Crippen LogP contribution >= 0.6 is 27.7 Å². The SMILES string of the molecule is CCc1ccc(O[C@H](C)C(=O)NCc2nnc(SCC(=O)Nc3ccc(Br)c(C)c3)n2CC)cc1. The van der Waals surface area contributed by atoms with Crippen LogP contribution in [0.2, 0.25) is 0 Å². The van der Waals surface area contributed by atoms with Gasteiger partial charge in [-0.05, 0) is 68.7 Å². The van der Waals surface area contributed by atoms with Crippen LogP contribution in [-0.2, 0) is 29.1 Å². The lowest BCUT2D eigenvalue weighted by Crippen LogP contribution is -2.36. The highest BCUT2D eigenvalue weighted by atomic mass is 79.9. The number of ether oxygens (including phenoxy) is 1. The largest absolute Gasteiger partial charge is 0.481 e. The summed E-state index contributed by atoms with van der Waals surface area (Å²) in [5.74, 6) is 1.09. The van der Waals surface area contributed by atoms with Crippen LogP contribution in [0.1, 0.15) is 37.7 Å². The summed E-state index contributed by atoms with van der Waals surface area (Å²) >= 11 is 4.76. The number of thioether (sulfide) groups is 1. The smallest absolute Gasteiger partial charge is 0.261 e. The normalized spacial score (nSPS) is 11.7. The van der Waals surface area contributed by atoms with Crippen molar-refractivity contribution in [1.82, 2.24) is 20.1 Å². The maximum atomic E-state index is 12.5. The van der Waals surface area contributed by atoms with E-state index in [0.717, 1.165) is 22.1 Å². The van der Waals surface area contributed by atoms with Crippen LogP contribution in [0.5, 0.6) is 5.75 Å². The van der Waals surface area contributed by atoms with E-state index in [0.29, 0.717) is 23.3 Å². The number of aryl methyl sites for hydroxylation is 2. The molecular weight excluding hydrogens is 530 g/mol. The summed E-state index contributed by atoms with van der Waals surface area (Å²) in [5.41, 5.74) is 3.00. The fourth-order valence-corrected chi connectivity index (χ4v) is 4.36. The number of halogens is 1. The molecule has 3 aromatic rings. The van der Waals surface area contributed by atoms with Gasteiger partial charge in [0.1, 0.15) is 5.75 Å². The van der Waals surface area contributed by atoms with Crippen LogP contribution < -0.4 is 15.4 Å². The first-order valence-corrected chi connectivity index (χ1v) is 13.2. The minimum absolute atomic E-state index is 0.129. The van der Waals surface area contributed by atoms with Crippen molar-refractivity contribution >= 4 is 45.2 Å². The van der Waals surface area contributed by atoms with Gasteiger partial charge in [-0.25, -0.2) is 0 Å². The van der Waals surface area contributed by atoms with Crippen LogP contribution in [-0.4, -0.2) is 38.4 Å². The summed E-state index contributed by atoms with van der Waals surface area (Å²) in [6.45, 7) is 8.56. The predicted molar refractivity (Wildman–Crippen MR) is 142 cm³/mol. The van der Waals surface area contributed by atoms with Gasteiger partial charge in [-0.15, -0.1) is 10.2 Å². The van der Waals surface area contributed by atoms with Crippen molar-refractivity contribution < 1.29 is 14.3 Å². The van der Waals surface area contributed by atoms with Crippen molar-refractivity contribution in [3.63, 3.8) is 0 Å². The molecular formula is C25H30BrN5O3S. The van der Waals surface area contributed by atoms with E-state index in [2.05, 4.69) is 43.7 Å². The van der Waals surface area contributed by atoms with Gasteiger partial charge in [0, 0.05) is 16.7 Å². The number of carbonyl (C=O) groups is 2. The zero-order valence-electron chi connectivity index (χ0n) is 20.3. The number of amides is 2. The third-order valence-electron chi connectivity index (χ3n) is 5.32. The fraction of sp³-hybridized carbons (Fsp3) is 0.360. The number of nitrogens with one attached hydrogen (secondary N) is 2. The van der Waals surface area contributed by atoms with Crippen molar-refractivity contribution in [2.45, 2.75) is 58.5 Å². The fourth-order valence-electron chi connectivity index (χ4n) is 3.30. The van der Waals surface area contributed by atoms with Crippen LogP contribution in [0, 0.1) is 6.92 Å². The van der Waals surface area contributed by atoms with Gasteiger partial charge < -0.3 is 19.9 Å². The molecule has 10 heteroatoms. The van der Waals surface area contributed by atoms with Gasteiger partial charge >= 0.3 is 0 Å². The lowest BCUT2D eigenvalue weighted by atomic mass is 10.2. The van der Waals surface area contributed by atoms with Crippen molar-refractivity contribution in [1.29, 1.82) is 0 Å². The Morgan fingerprint density at radius 1 is 1.14 bits per heavy atom. The average molecular weight is 561 g/mol. The Morgan fingerprint density at radius 3 is 2.54 bits per heavy atom. The Bertz CT molecular complexity index is 1170. The molecule has 2 N–H and O–H groups in total. The number of aromatic nitrogens is 3. The highest BCUT2D eigenvalue weighted by Gasteiger charge is 2.18. The third-order valence-corrected chi connectivity index (χ3v) is 7.17. The van der Waals surface area contributed by atoms with Crippen molar-refractivity contribution in [2.75, 3.05) is 11.1 Å². The van der Waals surface area contributed by atoms with Crippen LogP contribution in [0.4, 0.5) is 5.69 Å². The first-order chi connectivity index (χ1) is 16.8. The quantitative estimate of drug-likeness (QED) is 0.329. The van der Waals surface area contributed by atoms with Gasteiger partial charge in [-0.2, -0.15) is 0 Å². The predicted octanol–water partition coefficient (Wildman–Crippen LogP) is 4.75. The molecule has 2 amide bonds. The van der Waals surface area contributed by atoms with Gasteiger partial charge in [0.25, 0.3) is 5.91 Å². The minimum atomic E-state index is -0.653. The van der Waals surface area contributed by atoms with Crippen molar-refractivity contribution in [3.05, 3.63) is 63.9 Å². The zero-order chi connectivity index (χ0) is 25.4. The number of anilines is 1. The molecule has 0 saturated heterocycles. The second-order valence-corrected chi connectivity index (χ2v) is 9.72. The molecule has 0 bridgehead atoms. The van der Waals surface area contributed by atoms with E-state index in [1.807, 2.05) is 60.9 Å². The summed E-state index contributed by atoms with van der Waals surface area (Å²) in [4.78, 5) is 24.9. The summed E-state index contributed by atoms with van der Waals surface area (Å²) in [6.07, 6.45) is 0.296. The second-order valence-electron chi connectivity index (χ2n) is 7.92. The third kappa shape index (κ3) is 7.57. The topological polar surface area (TPSA) is 98.1 Å². The first-order valence-electron chi connectivity index (χ1n) is 11.4. The van der Waals surface area contributed by atoms with Crippen LogP contribution in [0.25, 0.3) is 0 Å². The highest BCUT2D eigenvalue weighted by molar-refractivity contribution is 9.10. The summed E-state index contributed by atoms with van der Waals surface area (Å²) < 4.78 is 8.63. The summed E-state index contributed by atoms with van der Waals surface area (Å²) in [7, 11) is 0. The zero-order valence-corrected chi connectivity index (χ0v) is 22.7. The highest BCUT2D eigenvalue weighted by Crippen LogP contribution is 2.21. The van der Waals surface area contributed by atoms with E-state index in [4.69, 9.17) is 4.74 Å². The lowest BCUT2D eigenvalue weighted by Gasteiger charge is -2.15. The molecule has 3 rings (SSSR count). The Balaban J connectivity index is 1.51. The molecule has 35 heavy (non-hydrogen) atoms.